The first-order valence-electron chi connectivity index (χ1n) is 15.2. The highest BCUT2D eigenvalue weighted by atomic mass is 28.4. The van der Waals surface area contributed by atoms with E-state index >= 15 is 0 Å². The predicted octanol–water partition coefficient (Wildman–Crippen LogP) is 8.20. The van der Waals surface area contributed by atoms with Gasteiger partial charge in [0.2, 0.25) is 0 Å². The maximum Gasteiger partial charge on any atom is 0.305 e. The number of methoxy groups -OCH3 is 1. The molecule has 4 rings (SSSR count). The second kappa shape index (κ2) is 10.5. The van der Waals surface area contributed by atoms with Crippen LogP contribution in [0.3, 0.4) is 0 Å². The van der Waals surface area contributed by atoms with Gasteiger partial charge in [-0.3, -0.25) is 4.79 Å². The van der Waals surface area contributed by atoms with Crippen molar-refractivity contribution in [1.29, 1.82) is 0 Å². The Hall–Kier alpha value is -0.436. The van der Waals surface area contributed by atoms with Crippen LogP contribution in [0.2, 0.25) is 39.3 Å². The Labute approximate surface area is 229 Å². The molecule has 0 aromatic heterocycles. The molecule has 0 aromatic carbocycles. The van der Waals surface area contributed by atoms with Gasteiger partial charge in [-0.1, -0.05) is 32.4 Å². The smallest absolute Gasteiger partial charge is 0.305 e. The van der Waals surface area contributed by atoms with Crippen LogP contribution < -0.4 is 0 Å². The van der Waals surface area contributed by atoms with Crippen LogP contribution in [-0.2, 0) is 18.4 Å². The molecule has 0 unspecified atom stereocenters. The third-order valence-electron chi connectivity index (χ3n) is 10.9. The van der Waals surface area contributed by atoms with Gasteiger partial charge in [-0.2, -0.15) is 0 Å². The highest BCUT2D eigenvalue weighted by Gasteiger charge is 2.62. The number of ether oxygens (including phenoxy) is 1. The average molecular weight is 549 g/mol. The summed E-state index contributed by atoms with van der Waals surface area (Å²) in [6, 6.07) is 0. The van der Waals surface area contributed by atoms with Gasteiger partial charge < -0.3 is 13.6 Å². The van der Waals surface area contributed by atoms with Gasteiger partial charge in [-0.15, -0.1) is 0 Å². The van der Waals surface area contributed by atoms with Gasteiger partial charge >= 0.3 is 5.97 Å². The van der Waals surface area contributed by atoms with E-state index in [1.807, 2.05) is 0 Å². The van der Waals surface area contributed by atoms with Crippen LogP contribution in [0.1, 0.15) is 78.6 Å². The molecule has 3 fully saturated rings. The Morgan fingerprint density at radius 1 is 0.973 bits per heavy atom. The normalized spacial score (nSPS) is 40.8. The lowest BCUT2D eigenvalue weighted by molar-refractivity contribution is -0.141. The van der Waals surface area contributed by atoms with Crippen molar-refractivity contribution in [3.8, 4) is 0 Å². The SMILES string of the molecule is COC(=O)CC[C@@H](C)[C@H]1CC[C@H]2[C@@H]3[C@H](O[Si](C)(C)C)CC4=C[C@@H](O[Si](C)(C)C)CC[C@]4(C)[C@H]3CC[C@]12C. The molecule has 37 heavy (non-hydrogen) atoms. The molecule has 212 valence electrons. The van der Waals surface area contributed by atoms with Crippen molar-refractivity contribution in [2.45, 2.75) is 130 Å². The standard InChI is InChI=1S/C31H56O4Si2/c1-21(11-14-28(32)33-4)24-12-13-25-29-26(16-18-31(24,25)3)30(2)17-15-23(34-36(5,6)7)19-22(30)20-27(29)35-37(8,9)10/h19,21,23-27,29H,11-18,20H2,1-10H3/t21-,23+,24-,25+,26+,27-,29+,30+,31-/m1/s1. The summed E-state index contributed by atoms with van der Waals surface area (Å²) in [4.78, 5) is 11.9. The zero-order valence-corrected chi connectivity index (χ0v) is 27.6. The molecule has 0 bridgehead atoms. The molecule has 0 saturated heterocycles. The van der Waals surface area contributed by atoms with E-state index in [-0.39, 0.29) is 5.97 Å². The zero-order chi connectivity index (χ0) is 27.4. The summed E-state index contributed by atoms with van der Waals surface area (Å²) in [6.45, 7) is 21.7. The number of esters is 1. The Kier molecular flexibility index (Phi) is 8.40. The lowest BCUT2D eigenvalue weighted by Crippen LogP contribution is -2.57. The fourth-order valence-corrected chi connectivity index (χ4v) is 11.6. The van der Waals surface area contributed by atoms with Crippen molar-refractivity contribution in [3.05, 3.63) is 11.6 Å². The Morgan fingerprint density at radius 2 is 1.65 bits per heavy atom. The molecule has 0 heterocycles. The lowest BCUT2D eigenvalue weighted by atomic mass is 9.45. The summed E-state index contributed by atoms with van der Waals surface area (Å²) in [6.07, 6.45) is 13.5. The summed E-state index contributed by atoms with van der Waals surface area (Å²) >= 11 is 0. The number of hydrogen-bond donors (Lipinski definition) is 0. The molecule has 0 radical (unpaired) electrons. The van der Waals surface area contributed by atoms with Gasteiger partial charge in [-0.05, 0) is 131 Å². The first kappa shape index (κ1) is 29.5. The summed E-state index contributed by atoms with van der Waals surface area (Å²) in [5.41, 5.74) is 2.29. The van der Waals surface area contributed by atoms with Crippen molar-refractivity contribution in [3.63, 3.8) is 0 Å². The van der Waals surface area contributed by atoms with Crippen LogP contribution in [0.25, 0.3) is 0 Å². The minimum atomic E-state index is -1.70. The van der Waals surface area contributed by atoms with Crippen LogP contribution in [0.4, 0.5) is 0 Å². The van der Waals surface area contributed by atoms with Crippen LogP contribution in [0.15, 0.2) is 11.6 Å². The molecule has 0 aromatic rings. The molecule has 0 amide bonds. The zero-order valence-electron chi connectivity index (χ0n) is 25.6. The van der Waals surface area contributed by atoms with Crippen LogP contribution in [0.5, 0.6) is 0 Å². The number of hydrogen-bond acceptors (Lipinski definition) is 4. The minimum absolute atomic E-state index is 0.0629. The van der Waals surface area contributed by atoms with E-state index in [0.29, 0.717) is 53.1 Å². The maximum atomic E-state index is 11.9. The molecule has 0 N–H and O–H groups in total. The molecule has 0 spiro atoms. The van der Waals surface area contributed by atoms with Gasteiger partial charge in [0.05, 0.1) is 19.3 Å². The first-order chi connectivity index (χ1) is 17.1. The molecule has 4 aliphatic carbocycles. The number of carbonyl (C=O) groups excluding carboxylic acids is 1. The highest BCUT2D eigenvalue weighted by Crippen LogP contribution is 2.68. The van der Waals surface area contributed by atoms with Crippen molar-refractivity contribution >= 4 is 22.6 Å². The molecule has 3 saturated carbocycles. The maximum absolute atomic E-state index is 11.9. The highest BCUT2D eigenvalue weighted by molar-refractivity contribution is 6.70. The molecular weight excluding hydrogens is 493 g/mol. The summed E-state index contributed by atoms with van der Waals surface area (Å²) in [7, 11) is -1.76. The van der Waals surface area contributed by atoms with Crippen molar-refractivity contribution in [2.24, 2.45) is 40.4 Å². The number of carbonyl (C=O) groups is 1. The van der Waals surface area contributed by atoms with Crippen LogP contribution >= 0.6 is 0 Å². The van der Waals surface area contributed by atoms with E-state index in [1.165, 1.54) is 45.6 Å². The fourth-order valence-electron chi connectivity index (χ4n) is 9.38. The van der Waals surface area contributed by atoms with Gasteiger partial charge in [0, 0.05) is 6.42 Å². The predicted molar refractivity (Wildman–Crippen MR) is 157 cm³/mol. The van der Waals surface area contributed by atoms with E-state index in [2.05, 4.69) is 66.1 Å². The van der Waals surface area contributed by atoms with Crippen LogP contribution in [-0.4, -0.2) is 41.9 Å². The van der Waals surface area contributed by atoms with E-state index in [0.717, 1.165) is 18.8 Å². The van der Waals surface area contributed by atoms with Crippen LogP contribution in [0, 0.1) is 40.4 Å². The molecule has 9 atom stereocenters. The van der Waals surface area contributed by atoms with Gasteiger partial charge in [0.1, 0.15) is 0 Å². The Bertz CT molecular complexity index is 873. The fraction of sp³-hybridized carbons (Fsp3) is 0.903. The molecular formula is C31H56O4Si2. The van der Waals surface area contributed by atoms with E-state index in [1.54, 1.807) is 5.57 Å². The van der Waals surface area contributed by atoms with E-state index in [9.17, 15) is 4.79 Å². The second-order valence-electron chi connectivity index (χ2n) is 15.5. The van der Waals surface area contributed by atoms with E-state index < -0.39 is 16.6 Å². The average Bonchev–Trinajstić information content (AvgIpc) is 3.13. The molecule has 4 aliphatic rings. The Morgan fingerprint density at radius 3 is 2.27 bits per heavy atom. The summed E-state index contributed by atoms with van der Waals surface area (Å²) < 4.78 is 18.7. The van der Waals surface area contributed by atoms with Crippen molar-refractivity contribution < 1.29 is 18.4 Å². The number of fused-ring (bicyclic) bond motifs is 5. The summed E-state index contributed by atoms with van der Waals surface area (Å²) in [5, 5.41) is 0. The third kappa shape index (κ3) is 6.02. The minimum Gasteiger partial charge on any atom is -0.469 e. The van der Waals surface area contributed by atoms with Crippen molar-refractivity contribution in [2.75, 3.05) is 7.11 Å². The monoisotopic (exact) mass is 548 g/mol. The van der Waals surface area contributed by atoms with Gasteiger partial charge in [-0.25, -0.2) is 0 Å². The molecule has 0 aliphatic heterocycles. The van der Waals surface area contributed by atoms with Gasteiger partial charge in [0.25, 0.3) is 0 Å². The first-order valence-corrected chi connectivity index (χ1v) is 22.0. The quantitative estimate of drug-likeness (QED) is 0.174. The molecule has 6 heteroatoms. The lowest BCUT2D eigenvalue weighted by Gasteiger charge is -2.61. The topological polar surface area (TPSA) is 44.8 Å². The van der Waals surface area contributed by atoms with Crippen molar-refractivity contribution in [1.82, 2.24) is 0 Å². The molecule has 4 nitrogen and oxygen atoms in total. The second-order valence-corrected chi connectivity index (χ2v) is 24.4. The third-order valence-corrected chi connectivity index (χ3v) is 12.9. The summed E-state index contributed by atoms with van der Waals surface area (Å²) in [5.74, 6) is 3.29. The Balaban J connectivity index is 1.63. The largest absolute Gasteiger partial charge is 0.469 e. The number of rotatable bonds is 8. The van der Waals surface area contributed by atoms with E-state index in [4.69, 9.17) is 13.6 Å². The van der Waals surface area contributed by atoms with Gasteiger partial charge in [0.15, 0.2) is 16.6 Å².